The van der Waals surface area contributed by atoms with Gasteiger partial charge in [-0.3, -0.25) is 9.48 Å². The SMILES string of the molecule is Cc1nn(C)c(C(=O)N(C)Cc2ccoc2)c1N. The van der Waals surface area contributed by atoms with Crippen LogP contribution in [-0.2, 0) is 13.6 Å². The second-order valence-electron chi connectivity index (χ2n) is 4.26. The molecule has 0 bridgehead atoms. The Hall–Kier alpha value is -2.24. The van der Waals surface area contributed by atoms with E-state index in [1.165, 1.54) is 4.68 Å². The second-order valence-corrected chi connectivity index (χ2v) is 4.26. The van der Waals surface area contributed by atoms with Crippen molar-refractivity contribution in [3.63, 3.8) is 0 Å². The smallest absolute Gasteiger partial charge is 0.274 e. The molecule has 0 aliphatic carbocycles. The maximum absolute atomic E-state index is 12.3. The molecule has 2 N–H and O–H groups in total. The van der Waals surface area contributed by atoms with Gasteiger partial charge in [0, 0.05) is 26.2 Å². The van der Waals surface area contributed by atoms with Crippen LogP contribution in [0.25, 0.3) is 0 Å². The van der Waals surface area contributed by atoms with Crippen molar-refractivity contribution in [1.29, 1.82) is 0 Å². The lowest BCUT2D eigenvalue weighted by molar-refractivity contribution is 0.0775. The number of nitrogens with zero attached hydrogens (tertiary/aromatic N) is 3. The topological polar surface area (TPSA) is 77.3 Å². The molecule has 2 rings (SSSR count). The first-order valence-corrected chi connectivity index (χ1v) is 5.56. The molecule has 0 radical (unpaired) electrons. The minimum Gasteiger partial charge on any atom is -0.472 e. The molecule has 0 fully saturated rings. The van der Waals surface area contributed by atoms with Crippen molar-refractivity contribution in [1.82, 2.24) is 14.7 Å². The summed E-state index contributed by atoms with van der Waals surface area (Å²) in [6.45, 7) is 2.25. The van der Waals surface area contributed by atoms with E-state index >= 15 is 0 Å². The predicted octanol–water partition coefficient (Wildman–Crippen LogP) is 1.18. The molecule has 0 saturated carbocycles. The van der Waals surface area contributed by atoms with Crippen molar-refractivity contribution in [2.75, 3.05) is 12.8 Å². The molecule has 0 unspecified atom stereocenters. The van der Waals surface area contributed by atoms with Crippen LogP contribution in [0.5, 0.6) is 0 Å². The van der Waals surface area contributed by atoms with Gasteiger partial charge in [0.25, 0.3) is 5.91 Å². The van der Waals surface area contributed by atoms with E-state index < -0.39 is 0 Å². The fourth-order valence-electron chi connectivity index (χ4n) is 1.84. The molecule has 2 aromatic rings. The van der Waals surface area contributed by atoms with Crippen LogP contribution in [0.15, 0.2) is 23.0 Å². The Morgan fingerprint density at radius 3 is 2.83 bits per heavy atom. The lowest BCUT2D eigenvalue weighted by Crippen LogP contribution is -2.28. The summed E-state index contributed by atoms with van der Waals surface area (Å²) in [5, 5.41) is 4.14. The molecule has 0 aromatic carbocycles. The quantitative estimate of drug-likeness (QED) is 0.884. The summed E-state index contributed by atoms with van der Waals surface area (Å²) in [5.74, 6) is -0.156. The van der Waals surface area contributed by atoms with E-state index in [0.29, 0.717) is 23.6 Å². The van der Waals surface area contributed by atoms with Gasteiger partial charge in [0.2, 0.25) is 0 Å². The zero-order chi connectivity index (χ0) is 13.3. The summed E-state index contributed by atoms with van der Waals surface area (Å²) in [7, 11) is 3.43. The number of aryl methyl sites for hydroxylation is 2. The lowest BCUT2D eigenvalue weighted by atomic mass is 10.2. The minimum absolute atomic E-state index is 0.156. The van der Waals surface area contributed by atoms with Crippen LogP contribution in [-0.4, -0.2) is 27.6 Å². The molecule has 2 aromatic heterocycles. The van der Waals surface area contributed by atoms with Crippen molar-refractivity contribution in [3.05, 3.63) is 35.5 Å². The van der Waals surface area contributed by atoms with Crippen LogP contribution < -0.4 is 5.73 Å². The number of nitrogen functional groups attached to an aromatic ring is 1. The number of carbonyl (C=O) groups is 1. The van der Waals surface area contributed by atoms with Gasteiger partial charge < -0.3 is 15.1 Å². The monoisotopic (exact) mass is 248 g/mol. The number of furan rings is 1. The Labute approximate surface area is 105 Å². The standard InChI is InChI=1S/C12H16N4O2/c1-8-10(13)11(16(3)14-8)12(17)15(2)6-9-4-5-18-7-9/h4-5,7H,6,13H2,1-3H3. The van der Waals surface area contributed by atoms with Gasteiger partial charge in [-0.1, -0.05) is 0 Å². The molecule has 0 atom stereocenters. The van der Waals surface area contributed by atoms with Crippen LogP contribution in [0, 0.1) is 6.92 Å². The van der Waals surface area contributed by atoms with E-state index in [1.54, 1.807) is 38.4 Å². The van der Waals surface area contributed by atoms with E-state index in [9.17, 15) is 4.79 Å². The van der Waals surface area contributed by atoms with Crippen LogP contribution in [0.2, 0.25) is 0 Å². The summed E-state index contributed by atoms with van der Waals surface area (Å²) < 4.78 is 6.48. The van der Waals surface area contributed by atoms with Crippen LogP contribution in [0.1, 0.15) is 21.7 Å². The van der Waals surface area contributed by atoms with Crippen molar-refractivity contribution >= 4 is 11.6 Å². The number of aromatic nitrogens is 2. The Morgan fingerprint density at radius 2 is 2.33 bits per heavy atom. The largest absolute Gasteiger partial charge is 0.472 e. The summed E-state index contributed by atoms with van der Waals surface area (Å²) in [4.78, 5) is 13.9. The molecule has 6 nitrogen and oxygen atoms in total. The van der Waals surface area contributed by atoms with Gasteiger partial charge in [-0.15, -0.1) is 0 Å². The van der Waals surface area contributed by atoms with E-state index in [1.807, 2.05) is 6.07 Å². The summed E-state index contributed by atoms with van der Waals surface area (Å²) in [6.07, 6.45) is 3.19. The van der Waals surface area contributed by atoms with Gasteiger partial charge in [0.1, 0.15) is 5.69 Å². The first-order valence-electron chi connectivity index (χ1n) is 5.56. The lowest BCUT2D eigenvalue weighted by Gasteiger charge is -2.16. The number of hydrogen-bond donors (Lipinski definition) is 1. The number of rotatable bonds is 3. The molecule has 96 valence electrons. The number of carbonyl (C=O) groups excluding carboxylic acids is 1. The average molecular weight is 248 g/mol. The average Bonchev–Trinajstić information content (AvgIpc) is 2.88. The molecular formula is C12H16N4O2. The fourth-order valence-corrected chi connectivity index (χ4v) is 1.84. The van der Waals surface area contributed by atoms with Gasteiger partial charge in [0.15, 0.2) is 0 Å². The highest BCUT2D eigenvalue weighted by atomic mass is 16.3. The Kier molecular flexibility index (Phi) is 3.10. The summed E-state index contributed by atoms with van der Waals surface area (Å²) in [5.41, 5.74) is 8.31. The van der Waals surface area contributed by atoms with Crippen LogP contribution in [0.4, 0.5) is 5.69 Å². The maximum atomic E-state index is 12.3. The summed E-state index contributed by atoms with van der Waals surface area (Å²) in [6, 6.07) is 1.82. The third-order valence-corrected chi connectivity index (χ3v) is 2.82. The highest BCUT2D eigenvalue weighted by Gasteiger charge is 2.21. The van der Waals surface area contributed by atoms with E-state index in [4.69, 9.17) is 10.2 Å². The molecular weight excluding hydrogens is 232 g/mol. The first-order chi connectivity index (χ1) is 8.50. The molecule has 0 aliphatic rings. The van der Waals surface area contributed by atoms with Gasteiger partial charge in [0.05, 0.1) is 23.9 Å². The molecule has 2 heterocycles. The van der Waals surface area contributed by atoms with Gasteiger partial charge >= 0.3 is 0 Å². The fraction of sp³-hybridized carbons (Fsp3) is 0.333. The zero-order valence-electron chi connectivity index (χ0n) is 10.7. The normalized spacial score (nSPS) is 10.6. The maximum Gasteiger partial charge on any atom is 0.274 e. The second kappa shape index (κ2) is 4.56. The third kappa shape index (κ3) is 2.09. The van der Waals surface area contributed by atoms with E-state index in [2.05, 4.69) is 5.10 Å². The van der Waals surface area contributed by atoms with E-state index in [-0.39, 0.29) is 5.91 Å². The highest BCUT2D eigenvalue weighted by Crippen LogP contribution is 2.17. The third-order valence-electron chi connectivity index (χ3n) is 2.82. The molecule has 18 heavy (non-hydrogen) atoms. The number of anilines is 1. The Balaban J connectivity index is 2.20. The molecule has 0 aliphatic heterocycles. The predicted molar refractivity (Wildman–Crippen MR) is 66.9 cm³/mol. The van der Waals surface area contributed by atoms with Gasteiger partial charge in [-0.2, -0.15) is 5.10 Å². The Morgan fingerprint density at radius 1 is 1.61 bits per heavy atom. The minimum atomic E-state index is -0.156. The number of nitrogens with two attached hydrogens (primary N) is 1. The van der Waals surface area contributed by atoms with Crippen molar-refractivity contribution < 1.29 is 9.21 Å². The zero-order valence-corrected chi connectivity index (χ0v) is 10.7. The first kappa shape index (κ1) is 12.2. The molecule has 0 spiro atoms. The summed E-state index contributed by atoms with van der Waals surface area (Å²) >= 11 is 0. The molecule has 0 saturated heterocycles. The van der Waals surface area contributed by atoms with Gasteiger partial charge in [-0.25, -0.2) is 0 Å². The molecule has 6 heteroatoms. The van der Waals surface area contributed by atoms with Crippen LogP contribution >= 0.6 is 0 Å². The molecule has 1 amide bonds. The Bertz CT molecular complexity index is 557. The highest BCUT2D eigenvalue weighted by molar-refractivity contribution is 5.97. The van der Waals surface area contributed by atoms with Gasteiger partial charge in [-0.05, 0) is 13.0 Å². The van der Waals surface area contributed by atoms with Crippen molar-refractivity contribution in [2.24, 2.45) is 7.05 Å². The van der Waals surface area contributed by atoms with E-state index in [0.717, 1.165) is 5.56 Å². The van der Waals surface area contributed by atoms with Crippen molar-refractivity contribution in [3.8, 4) is 0 Å². The van der Waals surface area contributed by atoms with Crippen LogP contribution in [0.3, 0.4) is 0 Å². The number of hydrogen-bond acceptors (Lipinski definition) is 4. The number of amides is 1. The van der Waals surface area contributed by atoms with Crippen molar-refractivity contribution in [2.45, 2.75) is 13.5 Å².